The summed E-state index contributed by atoms with van der Waals surface area (Å²) in [5, 5.41) is 4.21. The van der Waals surface area contributed by atoms with Gasteiger partial charge in [-0.3, -0.25) is 0 Å². The van der Waals surface area contributed by atoms with Crippen molar-refractivity contribution in [2.45, 2.75) is 6.92 Å². The number of hydrogen-bond acceptors (Lipinski definition) is 6. The number of hydrogen-bond donors (Lipinski definition) is 1. The van der Waals surface area contributed by atoms with Gasteiger partial charge in [0.15, 0.2) is 0 Å². The molecule has 1 saturated heterocycles. The molecule has 1 aliphatic heterocycles. The first kappa shape index (κ1) is 20.3. The molecule has 4 rings (SSSR count). The third-order valence-corrected chi connectivity index (χ3v) is 5.56. The van der Waals surface area contributed by atoms with Gasteiger partial charge in [-0.05, 0) is 31.2 Å². The molecule has 1 aromatic heterocycles. The number of rotatable bonds is 5. The first-order valence-electron chi connectivity index (χ1n) is 10.1. The van der Waals surface area contributed by atoms with Gasteiger partial charge in [-0.25, -0.2) is 0 Å². The normalized spacial score (nSPS) is 14.0. The molecule has 6 nitrogen and oxygen atoms in total. The van der Waals surface area contributed by atoms with Crippen molar-refractivity contribution in [3.63, 3.8) is 0 Å². The van der Waals surface area contributed by atoms with Crippen LogP contribution in [0.3, 0.4) is 0 Å². The SMILES string of the molecule is Cc1ccc(Nc2cc(N(C)C)nc(N3CCN(c4ccccc4Cl)CC3)n2)cc1. The number of benzene rings is 2. The Labute approximate surface area is 183 Å². The highest BCUT2D eigenvalue weighted by atomic mass is 35.5. The Hall–Kier alpha value is -2.99. The minimum Gasteiger partial charge on any atom is -0.367 e. The van der Waals surface area contributed by atoms with Crippen LogP contribution < -0.4 is 20.0 Å². The lowest BCUT2D eigenvalue weighted by Gasteiger charge is -2.36. The molecule has 0 amide bonds. The van der Waals surface area contributed by atoms with Crippen molar-refractivity contribution in [2.75, 3.05) is 60.3 Å². The maximum absolute atomic E-state index is 6.38. The summed E-state index contributed by atoms with van der Waals surface area (Å²) in [4.78, 5) is 16.2. The minimum absolute atomic E-state index is 0.745. The Balaban J connectivity index is 1.53. The van der Waals surface area contributed by atoms with Crippen molar-refractivity contribution in [1.29, 1.82) is 0 Å². The van der Waals surface area contributed by atoms with Crippen LogP contribution in [0.2, 0.25) is 5.02 Å². The van der Waals surface area contributed by atoms with E-state index in [1.807, 2.05) is 43.3 Å². The fraction of sp³-hybridized carbons (Fsp3) is 0.304. The van der Waals surface area contributed by atoms with Gasteiger partial charge >= 0.3 is 0 Å². The smallest absolute Gasteiger partial charge is 0.229 e. The molecule has 3 aromatic rings. The van der Waals surface area contributed by atoms with Crippen LogP contribution in [0.15, 0.2) is 54.6 Å². The van der Waals surface area contributed by atoms with Crippen LogP contribution in [0, 0.1) is 6.92 Å². The molecule has 0 aliphatic carbocycles. The molecule has 1 N–H and O–H groups in total. The molecule has 0 spiro atoms. The van der Waals surface area contributed by atoms with E-state index in [1.165, 1.54) is 5.56 Å². The quantitative estimate of drug-likeness (QED) is 0.649. The van der Waals surface area contributed by atoms with E-state index < -0.39 is 0 Å². The maximum Gasteiger partial charge on any atom is 0.229 e. The van der Waals surface area contributed by atoms with E-state index in [-0.39, 0.29) is 0 Å². The summed E-state index contributed by atoms with van der Waals surface area (Å²) in [6.45, 7) is 5.51. The topological polar surface area (TPSA) is 47.5 Å². The monoisotopic (exact) mass is 422 g/mol. The van der Waals surface area contributed by atoms with E-state index in [9.17, 15) is 0 Å². The van der Waals surface area contributed by atoms with E-state index in [2.05, 4.69) is 52.4 Å². The summed E-state index contributed by atoms with van der Waals surface area (Å²) in [7, 11) is 3.99. The molecule has 0 saturated carbocycles. The number of para-hydroxylation sites is 1. The molecule has 2 heterocycles. The fourth-order valence-corrected chi connectivity index (χ4v) is 3.75. The van der Waals surface area contributed by atoms with Crippen LogP contribution in [0.1, 0.15) is 5.56 Å². The van der Waals surface area contributed by atoms with E-state index in [0.29, 0.717) is 0 Å². The lowest BCUT2D eigenvalue weighted by atomic mass is 10.2. The molecular formula is C23H27ClN6. The minimum atomic E-state index is 0.745. The van der Waals surface area contributed by atoms with Gasteiger partial charge in [0.1, 0.15) is 11.6 Å². The highest BCUT2D eigenvalue weighted by Crippen LogP contribution is 2.28. The third-order valence-electron chi connectivity index (χ3n) is 5.24. The van der Waals surface area contributed by atoms with Gasteiger partial charge in [0.05, 0.1) is 10.7 Å². The van der Waals surface area contributed by atoms with E-state index in [4.69, 9.17) is 21.6 Å². The second-order valence-electron chi connectivity index (χ2n) is 7.72. The summed E-state index contributed by atoms with van der Waals surface area (Å²) < 4.78 is 0. The molecule has 0 bridgehead atoms. The zero-order chi connectivity index (χ0) is 21.1. The van der Waals surface area contributed by atoms with Gasteiger partial charge < -0.3 is 20.0 Å². The van der Waals surface area contributed by atoms with Gasteiger partial charge in [-0.15, -0.1) is 0 Å². The molecule has 156 valence electrons. The summed E-state index contributed by atoms with van der Waals surface area (Å²) in [6.07, 6.45) is 0. The first-order chi connectivity index (χ1) is 14.5. The summed E-state index contributed by atoms with van der Waals surface area (Å²) in [5.74, 6) is 2.42. The van der Waals surface area contributed by atoms with Gasteiger partial charge in [0, 0.05) is 52.0 Å². The Bertz CT molecular complexity index is 997. The highest BCUT2D eigenvalue weighted by Gasteiger charge is 2.21. The molecule has 30 heavy (non-hydrogen) atoms. The zero-order valence-electron chi connectivity index (χ0n) is 17.6. The Morgan fingerprint density at radius 1 is 0.900 bits per heavy atom. The number of piperazine rings is 1. The largest absolute Gasteiger partial charge is 0.367 e. The molecule has 0 unspecified atom stereocenters. The average molecular weight is 423 g/mol. The van der Waals surface area contributed by atoms with Gasteiger partial charge in [-0.1, -0.05) is 41.4 Å². The second-order valence-corrected chi connectivity index (χ2v) is 8.13. The van der Waals surface area contributed by atoms with Crippen molar-refractivity contribution < 1.29 is 0 Å². The molecule has 0 radical (unpaired) electrons. The van der Waals surface area contributed by atoms with E-state index >= 15 is 0 Å². The Morgan fingerprint density at radius 3 is 2.23 bits per heavy atom. The second kappa shape index (κ2) is 8.79. The van der Waals surface area contributed by atoms with Crippen molar-refractivity contribution in [1.82, 2.24) is 9.97 Å². The molecule has 1 aliphatic rings. The maximum atomic E-state index is 6.38. The van der Waals surface area contributed by atoms with E-state index in [1.54, 1.807) is 0 Å². The molecule has 0 atom stereocenters. The number of aromatic nitrogens is 2. The number of nitrogens with zero attached hydrogens (tertiary/aromatic N) is 5. The highest BCUT2D eigenvalue weighted by molar-refractivity contribution is 6.33. The number of aryl methyl sites for hydroxylation is 1. The summed E-state index contributed by atoms with van der Waals surface area (Å²) in [6, 6.07) is 18.3. The van der Waals surface area contributed by atoms with Crippen LogP contribution in [0.25, 0.3) is 0 Å². The average Bonchev–Trinajstić information content (AvgIpc) is 2.76. The standard InChI is InChI=1S/C23H27ClN6/c1-17-8-10-18(11-9-17)25-21-16-22(28(2)3)27-23(26-21)30-14-12-29(13-15-30)20-7-5-4-6-19(20)24/h4-11,16H,12-15H2,1-3H3,(H,25,26,27). The number of halogens is 1. The first-order valence-corrected chi connectivity index (χ1v) is 10.5. The van der Waals surface area contributed by atoms with E-state index in [0.717, 1.165) is 60.2 Å². The van der Waals surface area contributed by atoms with Crippen molar-refractivity contribution >= 4 is 40.6 Å². The van der Waals surface area contributed by atoms with Gasteiger partial charge in [-0.2, -0.15) is 9.97 Å². The Kier molecular flexibility index (Phi) is 5.95. The lowest BCUT2D eigenvalue weighted by molar-refractivity contribution is 0.640. The van der Waals surface area contributed by atoms with Crippen LogP contribution in [0.5, 0.6) is 0 Å². The van der Waals surface area contributed by atoms with Gasteiger partial charge in [0.2, 0.25) is 5.95 Å². The van der Waals surface area contributed by atoms with Crippen molar-refractivity contribution in [3.8, 4) is 0 Å². The zero-order valence-corrected chi connectivity index (χ0v) is 18.4. The molecular weight excluding hydrogens is 396 g/mol. The van der Waals surface area contributed by atoms with Crippen molar-refractivity contribution in [2.24, 2.45) is 0 Å². The van der Waals surface area contributed by atoms with Crippen molar-refractivity contribution in [3.05, 3.63) is 65.2 Å². The molecule has 2 aromatic carbocycles. The fourth-order valence-electron chi connectivity index (χ4n) is 3.50. The van der Waals surface area contributed by atoms with Gasteiger partial charge in [0.25, 0.3) is 0 Å². The molecule has 7 heteroatoms. The van der Waals surface area contributed by atoms with Crippen LogP contribution in [0.4, 0.5) is 29.0 Å². The number of nitrogens with one attached hydrogen (secondary N) is 1. The lowest BCUT2D eigenvalue weighted by Crippen LogP contribution is -2.47. The number of anilines is 5. The third kappa shape index (κ3) is 4.60. The predicted octanol–water partition coefficient (Wildman–Crippen LogP) is 4.57. The summed E-state index contributed by atoms with van der Waals surface area (Å²) in [5.41, 5.74) is 3.33. The van der Waals surface area contributed by atoms with Crippen LogP contribution >= 0.6 is 11.6 Å². The summed E-state index contributed by atoms with van der Waals surface area (Å²) >= 11 is 6.38. The molecule has 1 fully saturated rings. The predicted molar refractivity (Wildman–Crippen MR) is 127 cm³/mol. The van der Waals surface area contributed by atoms with Crippen LogP contribution in [-0.2, 0) is 0 Å². The Morgan fingerprint density at radius 2 is 1.57 bits per heavy atom. The van der Waals surface area contributed by atoms with Crippen LogP contribution in [-0.4, -0.2) is 50.2 Å².